The van der Waals surface area contributed by atoms with Crippen molar-refractivity contribution in [2.45, 2.75) is 26.3 Å². The van der Waals surface area contributed by atoms with Crippen LogP contribution in [0.1, 0.15) is 29.3 Å². The summed E-state index contributed by atoms with van der Waals surface area (Å²) in [5.74, 6) is 0.211. The minimum absolute atomic E-state index is 0.00675. The normalized spacial score (nSPS) is 12.9. The van der Waals surface area contributed by atoms with Crippen molar-refractivity contribution < 1.29 is 4.79 Å². The zero-order chi connectivity index (χ0) is 11.4. The summed E-state index contributed by atoms with van der Waals surface area (Å²) in [5.41, 5.74) is 1.99. The molecule has 1 rings (SSSR count). The molecule has 0 radical (unpaired) electrons. The maximum Gasteiger partial charge on any atom is 0.179 e. The molecule has 0 fully saturated rings. The van der Waals surface area contributed by atoms with Crippen molar-refractivity contribution in [3.05, 3.63) is 35.4 Å². The van der Waals surface area contributed by atoms with Gasteiger partial charge in [0.2, 0.25) is 0 Å². The SMILES string of the molecule is CC[C@@H](C(=O)c1ccc(C)cc1)N(C)C. The van der Waals surface area contributed by atoms with Crippen LogP contribution < -0.4 is 0 Å². The molecule has 1 atom stereocenters. The summed E-state index contributed by atoms with van der Waals surface area (Å²) in [6.45, 7) is 4.06. The Bertz CT molecular complexity index is 327. The highest BCUT2D eigenvalue weighted by atomic mass is 16.1. The third-order valence-corrected chi connectivity index (χ3v) is 2.65. The molecule has 0 N–H and O–H groups in total. The van der Waals surface area contributed by atoms with Gasteiger partial charge in [-0.25, -0.2) is 0 Å². The van der Waals surface area contributed by atoms with Gasteiger partial charge in [0.05, 0.1) is 6.04 Å². The lowest BCUT2D eigenvalue weighted by Gasteiger charge is -2.21. The van der Waals surface area contributed by atoms with Gasteiger partial charge in [-0.2, -0.15) is 0 Å². The van der Waals surface area contributed by atoms with E-state index < -0.39 is 0 Å². The maximum absolute atomic E-state index is 12.1. The molecule has 0 aliphatic heterocycles. The molecule has 1 aromatic carbocycles. The summed E-state index contributed by atoms with van der Waals surface area (Å²) < 4.78 is 0. The zero-order valence-corrected chi connectivity index (χ0v) is 9.95. The third kappa shape index (κ3) is 2.90. The number of hydrogen-bond donors (Lipinski definition) is 0. The van der Waals surface area contributed by atoms with Crippen molar-refractivity contribution in [2.24, 2.45) is 0 Å². The van der Waals surface area contributed by atoms with Crippen LogP contribution in [-0.4, -0.2) is 30.8 Å². The van der Waals surface area contributed by atoms with Gasteiger partial charge in [0.1, 0.15) is 0 Å². The number of nitrogens with zero attached hydrogens (tertiary/aromatic N) is 1. The largest absolute Gasteiger partial charge is 0.299 e. The summed E-state index contributed by atoms with van der Waals surface area (Å²) in [6.07, 6.45) is 0.847. The summed E-state index contributed by atoms with van der Waals surface area (Å²) in [7, 11) is 3.89. The number of aryl methyl sites for hydroxylation is 1. The molecule has 0 spiro atoms. The second-order valence-corrected chi connectivity index (χ2v) is 4.12. The Labute approximate surface area is 91.9 Å². The van der Waals surface area contributed by atoms with Gasteiger partial charge in [-0.15, -0.1) is 0 Å². The molecule has 1 aromatic rings. The van der Waals surface area contributed by atoms with E-state index in [2.05, 4.69) is 0 Å². The van der Waals surface area contributed by atoms with Crippen LogP contribution in [0.15, 0.2) is 24.3 Å². The molecule has 2 nitrogen and oxygen atoms in total. The van der Waals surface area contributed by atoms with Crippen molar-refractivity contribution in [2.75, 3.05) is 14.1 Å². The fourth-order valence-corrected chi connectivity index (χ4v) is 1.70. The topological polar surface area (TPSA) is 20.3 Å². The van der Waals surface area contributed by atoms with Crippen molar-refractivity contribution in [1.82, 2.24) is 4.90 Å². The van der Waals surface area contributed by atoms with E-state index in [1.807, 2.05) is 57.1 Å². The lowest BCUT2D eigenvalue weighted by molar-refractivity contribution is 0.0871. The Kier molecular flexibility index (Phi) is 4.04. The minimum Gasteiger partial charge on any atom is -0.299 e. The Hall–Kier alpha value is -1.15. The highest BCUT2D eigenvalue weighted by Crippen LogP contribution is 2.11. The molecule has 15 heavy (non-hydrogen) atoms. The van der Waals surface area contributed by atoms with Crippen LogP contribution >= 0.6 is 0 Å². The van der Waals surface area contributed by atoms with Gasteiger partial charge in [0, 0.05) is 5.56 Å². The van der Waals surface area contributed by atoms with Gasteiger partial charge in [-0.05, 0) is 27.4 Å². The number of likely N-dealkylation sites (N-methyl/N-ethyl adjacent to an activating group) is 1. The number of Topliss-reactive ketones (excluding diaryl/α,β-unsaturated/α-hetero) is 1. The van der Waals surface area contributed by atoms with Crippen LogP contribution in [0.5, 0.6) is 0 Å². The lowest BCUT2D eigenvalue weighted by Crippen LogP contribution is -2.35. The molecule has 0 bridgehead atoms. The second kappa shape index (κ2) is 5.08. The molecule has 0 saturated carbocycles. The molecule has 0 saturated heterocycles. The number of rotatable bonds is 4. The smallest absolute Gasteiger partial charge is 0.179 e. The Morgan fingerprint density at radius 1 is 1.27 bits per heavy atom. The lowest BCUT2D eigenvalue weighted by atomic mass is 10.0. The van der Waals surface area contributed by atoms with E-state index in [1.165, 1.54) is 5.56 Å². The first-order valence-corrected chi connectivity index (χ1v) is 5.33. The van der Waals surface area contributed by atoms with E-state index in [-0.39, 0.29) is 11.8 Å². The predicted octanol–water partition coefficient (Wildman–Crippen LogP) is 2.52. The molecule has 0 heterocycles. The van der Waals surface area contributed by atoms with Crippen LogP contribution in [-0.2, 0) is 0 Å². The third-order valence-electron chi connectivity index (χ3n) is 2.65. The molecule has 0 amide bonds. The maximum atomic E-state index is 12.1. The van der Waals surface area contributed by atoms with E-state index in [0.29, 0.717) is 0 Å². The Morgan fingerprint density at radius 2 is 1.80 bits per heavy atom. The molecular weight excluding hydrogens is 186 g/mol. The molecule has 82 valence electrons. The zero-order valence-electron chi connectivity index (χ0n) is 9.95. The molecular formula is C13H19NO. The van der Waals surface area contributed by atoms with E-state index in [4.69, 9.17) is 0 Å². The monoisotopic (exact) mass is 205 g/mol. The quantitative estimate of drug-likeness (QED) is 0.704. The number of hydrogen-bond acceptors (Lipinski definition) is 2. The average molecular weight is 205 g/mol. The van der Waals surface area contributed by atoms with Crippen LogP contribution in [0.3, 0.4) is 0 Å². The van der Waals surface area contributed by atoms with E-state index in [9.17, 15) is 4.79 Å². The molecule has 0 unspecified atom stereocenters. The predicted molar refractivity (Wildman–Crippen MR) is 63.3 cm³/mol. The first kappa shape index (κ1) is 11.9. The number of carbonyl (C=O) groups is 1. The molecule has 0 aliphatic carbocycles. The Morgan fingerprint density at radius 3 is 2.20 bits per heavy atom. The van der Waals surface area contributed by atoms with Crippen LogP contribution in [0.4, 0.5) is 0 Å². The Balaban J connectivity index is 2.88. The molecule has 0 aliphatic rings. The van der Waals surface area contributed by atoms with Gasteiger partial charge in [0.15, 0.2) is 5.78 Å². The number of ketones is 1. The summed E-state index contributed by atoms with van der Waals surface area (Å²) in [6, 6.07) is 7.77. The van der Waals surface area contributed by atoms with E-state index >= 15 is 0 Å². The van der Waals surface area contributed by atoms with E-state index in [1.54, 1.807) is 0 Å². The minimum atomic E-state index is -0.00675. The van der Waals surface area contributed by atoms with Crippen LogP contribution in [0, 0.1) is 6.92 Å². The second-order valence-electron chi connectivity index (χ2n) is 4.12. The van der Waals surface area contributed by atoms with Gasteiger partial charge < -0.3 is 0 Å². The van der Waals surface area contributed by atoms with Crippen molar-refractivity contribution in [3.8, 4) is 0 Å². The first-order valence-electron chi connectivity index (χ1n) is 5.33. The van der Waals surface area contributed by atoms with Gasteiger partial charge in [0.25, 0.3) is 0 Å². The fraction of sp³-hybridized carbons (Fsp3) is 0.462. The highest BCUT2D eigenvalue weighted by Gasteiger charge is 2.19. The van der Waals surface area contributed by atoms with Crippen LogP contribution in [0.2, 0.25) is 0 Å². The summed E-state index contributed by atoms with van der Waals surface area (Å²) in [4.78, 5) is 14.1. The van der Waals surface area contributed by atoms with Crippen molar-refractivity contribution in [1.29, 1.82) is 0 Å². The summed E-state index contributed by atoms with van der Waals surface area (Å²) in [5, 5.41) is 0. The van der Waals surface area contributed by atoms with Crippen molar-refractivity contribution in [3.63, 3.8) is 0 Å². The van der Waals surface area contributed by atoms with Gasteiger partial charge in [-0.3, -0.25) is 9.69 Å². The van der Waals surface area contributed by atoms with Gasteiger partial charge in [-0.1, -0.05) is 36.8 Å². The highest BCUT2D eigenvalue weighted by molar-refractivity contribution is 6.00. The number of benzene rings is 1. The summed E-state index contributed by atoms with van der Waals surface area (Å²) >= 11 is 0. The standard InChI is InChI=1S/C13H19NO/c1-5-12(14(3)4)13(15)11-8-6-10(2)7-9-11/h6-9,12H,5H2,1-4H3/t12-/m0/s1. The van der Waals surface area contributed by atoms with Gasteiger partial charge >= 0.3 is 0 Å². The molecule has 2 heteroatoms. The fourth-order valence-electron chi connectivity index (χ4n) is 1.70. The van der Waals surface area contributed by atoms with Crippen LogP contribution in [0.25, 0.3) is 0 Å². The molecule has 0 aromatic heterocycles. The van der Waals surface area contributed by atoms with Crippen molar-refractivity contribution >= 4 is 5.78 Å². The number of carbonyl (C=O) groups excluding carboxylic acids is 1. The average Bonchev–Trinajstić information content (AvgIpc) is 2.19. The van der Waals surface area contributed by atoms with E-state index in [0.717, 1.165) is 12.0 Å². The first-order chi connectivity index (χ1) is 7.06.